The minimum absolute atomic E-state index is 0.0272. The third kappa shape index (κ3) is 3.56. The first kappa shape index (κ1) is 17.6. The van der Waals surface area contributed by atoms with Gasteiger partial charge in [0.25, 0.3) is 0 Å². The molecule has 0 unspecified atom stereocenters. The van der Waals surface area contributed by atoms with Crippen molar-refractivity contribution in [1.29, 1.82) is 0 Å². The van der Waals surface area contributed by atoms with Gasteiger partial charge < -0.3 is 5.11 Å². The fourth-order valence-electron chi connectivity index (χ4n) is 3.68. The van der Waals surface area contributed by atoms with Gasteiger partial charge >= 0.3 is 0 Å². The predicted molar refractivity (Wildman–Crippen MR) is 100 cm³/mol. The summed E-state index contributed by atoms with van der Waals surface area (Å²) in [6.45, 7) is 8.82. The monoisotopic (exact) mass is 344 g/mol. The highest BCUT2D eigenvalue weighted by Gasteiger charge is 2.43. The number of hydrogen-bond acceptors (Lipinski definition) is 4. The van der Waals surface area contributed by atoms with Crippen LogP contribution in [0.3, 0.4) is 0 Å². The van der Waals surface area contributed by atoms with Crippen molar-refractivity contribution < 1.29 is 5.11 Å². The smallest absolute Gasteiger partial charge is 0.0500 e. The minimum Gasteiger partial charge on any atom is -0.396 e. The van der Waals surface area contributed by atoms with Crippen LogP contribution in [0.15, 0.2) is 35.8 Å². The first-order chi connectivity index (χ1) is 11.5. The van der Waals surface area contributed by atoms with Crippen LogP contribution in [-0.4, -0.2) is 34.7 Å². The number of likely N-dealkylation sites (tertiary alicyclic amines) is 1. The van der Waals surface area contributed by atoms with Crippen LogP contribution in [0.25, 0.3) is 0 Å². The summed E-state index contributed by atoms with van der Waals surface area (Å²) in [7, 11) is 0. The van der Waals surface area contributed by atoms with E-state index in [1.165, 1.54) is 10.4 Å². The maximum Gasteiger partial charge on any atom is 0.0500 e. The van der Waals surface area contributed by atoms with Crippen LogP contribution in [0.4, 0.5) is 0 Å². The van der Waals surface area contributed by atoms with Gasteiger partial charge in [-0.1, -0.05) is 12.1 Å². The average Bonchev–Trinajstić information content (AvgIpc) is 3.24. The Morgan fingerprint density at radius 2 is 2.17 bits per heavy atom. The SMILES string of the molecule is Cc1ccc(C(C)(C)N2CC[C@](CO)(CCc3cccs3)C2)cn1. The lowest BCUT2D eigenvalue weighted by molar-refractivity contribution is 0.0871. The fraction of sp³-hybridized carbons (Fsp3) is 0.550. The van der Waals surface area contributed by atoms with Gasteiger partial charge in [-0.25, -0.2) is 0 Å². The Hall–Kier alpha value is -1.23. The largest absolute Gasteiger partial charge is 0.396 e. The normalized spacial score (nSPS) is 22.2. The van der Waals surface area contributed by atoms with Crippen molar-refractivity contribution in [3.8, 4) is 0 Å². The molecule has 0 saturated carbocycles. The van der Waals surface area contributed by atoms with Gasteiger partial charge in [-0.2, -0.15) is 0 Å². The van der Waals surface area contributed by atoms with Crippen LogP contribution in [0.2, 0.25) is 0 Å². The molecule has 0 bridgehead atoms. The molecule has 1 aliphatic rings. The number of nitrogens with zero attached hydrogens (tertiary/aromatic N) is 2. The fourth-order valence-corrected chi connectivity index (χ4v) is 4.39. The summed E-state index contributed by atoms with van der Waals surface area (Å²) in [5.74, 6) is 0. The van der Waals surface area contributed by atoms with E-state index in [9.17, 15) is 5.11 Å². The third-order valence-electron chi connectivity index (χ3n) is 5.66. The highest BCUT2D eigenvalue weighted by atomic mass is 32.1. The van der Waals surface area contributed by atoms with Crippen molar-refractivity contribution in [3.05, 3.63) is 52.0 Å². The minimum atomic E-state index is -0.0550. The number of hydrogen-bond donors (Lipinski definition) is 1. The van der Waals surface area contributed by atoms with Crippen molar-refractivity contribution >= 4 is 11.3 Å². The third-order valence-corrected chi connectivity index (χ3v) is 6.60. The van der Waals surface area contributed by atoms with Gasteiger partial charge in [-0.05, 0) is 69.7 Å². The summed E-state index contributed by atoms with van der Waals surface area (Å²) >= 11 is 1.82. The van der Waals surface area contributed by atoms with E-state index in [4.69, 9.17) is 0 Å². The van der Waals surface area contributed by atoms with Crippen LogP contribution in [-0.2, 0) is 12.0 Å². The zero-order chi connectivity index (χ0) is 17.2. The van der Waals surface area contributed by atoms with Gasteiger partial charge in [-0.3, -0.25) is 9.88 Å². The molecule has 4 heteroatoms. The van der Waals surface area contributed by atoms with E-state index >= 15 is 0 Å². The average molecular weight is 345 g/mol. The van der Waals surface area contributed by atoms with Crippen LogP contribution in [0, 0.1) is 12.3 Å². The highest BCUT2D eigenvalue weighted by molar-refractivity contribution is 7.09. The Labute approximate surface area is 149 Å². The number of aromatic nitrogens is 1. The van der Waals surface area contributed by atoms with Crippen LogP contribution >= 0.6 is 11.3 Å². The quantitative estimate of drug-likeness (QED) is 0.860. The second-order valence-electron chi connectivity index (χ2n) is 7.66. The zero-order valence-electron chi connectivity index (χ0n) is 15.0. The van der Waals surface area contributed by atoms with E-state index in [2.05, 4.69) is 53.4 Å². The molecule has 3 nitrogen and oxygen atoms in total. The molecule has 0 spiro atoms. The van der Waals surface area contributed by atoms with E-state index in [1.807, 2.05) is 24.5 Å². The molecule has 3 rings (SSSR count). The van der Waals surface area contributed by atoms with Gasteiger partial charge in [0.1, 0.15) is 0 Å². The molecular formula is C20H28N2OS. The summed E-state index contributed by atoms with van der Waals surface area (Å²) in [5.41, 5.74) is 2.27. The van der Waals surface area contributed by atoms with Crippen molar-refractivity contribution in [3.63, 3.8) is 0 Å². The first-order valence-electron chi connectivity index (χ1n) is 8.77. The molecule has 3 heterocycles. The Balaban J connectivity index is 1.70. The molecule has 24 heavy (non-hydrogen) atoms. The molecule has 0 amide bonds. The molecule has 1 atom stereocenters. The van der Waals surface area contributed by atoms with Crippen LogP contribution in [0.1, 0.15) is 42.8 Å². The summed E-state index contributed by atoms with van der Waals surface area (Å²) in [5, 5.41) is 12.2. The molecule has 130 valence electrons. The lowest BCUT2D eigenvalue weighted by Gasteiger charge is -2.37. The topological polar surface area (TPSA) is 36.4 Å². The van der Waals surface area contributed by atoms with Crippen LogP contribution < -0.4 is 0 Å². The molecule has 1 fully saturated rings. The Bertz CT molecular complexity index is 651. The van der Waals surface area contributed by atoms with E-state index in [1.54, 1.807) is 0 Å². The number of aliphatic hydroxyl groups excluding tert-OH is 1. The zero-order valence-corrected chi connectivity index (χ0v) is 15.8. The van der Waals surface area contributed by atoms with Crippen LogP contribution in [0.5, 0.6) is 0 Å². The first-order valence-corrected chi connectivity index (χ1v) is 9.65. The highest BCUT2D eigenvalue weighted by Crippen LogP contribution is 2.41. The Morgan fingerprint density at radius 3 is 2.79 bits per heavy atom. The van der Waals surface area contributed by atoms with Gasteiger partial charge in [0.15, 0.2) is 0 Å². The molecule has 2 aromatic heterocycles. The second kappa shape index (κ2) is 6.95. The molecule has 0 radical (unpaired) electrons. The maximum absolute atomic E-state index is 10.1. The van der Waals surface area contributed by atoms with Crippen molar-refractivity contribution in [2.24, 2.45) is 5.41 Å². The van der Waals surface area contributed by atoms with Crippen molar-refractivity contribution in [2.45, 2.75) is 45.6 Å². The van der Waals surface area contributed by atoms with Gasteiger partial charge in [0, 0.05) is 40.9 Å². The summed E-state index contributed by atoms with van der Waals surface area (Å²) in [6.07, 6.45) is 5.19. The summed E-state index contributed by atoms with van der Waals surface area (Å²) in [4.78, 5) is 8.41. The molecule has 0 aromatic carbocycles. The summed E-state index contributed by atoms with van der Waals surface area (Å²) in [6, 6.07) is 8.58. The van der Waals surface area contributed by atoms with Crippen molar-refractivity contribution in [1.82, 2.24) is 9.88 Å². The van der Waals surface area contributed by atoms with Gasteiger partial charge in [0.2, 0.25) is 0 Å². The molecule has 0 aliphatic carbocycles. The standard InChI is InChI=1S/C20H28N2OS/c1-16-6-7-17(13-21-16)19(2,3)22-11-10-20(14-22,15-23)9-8-18-5-4-12-24-18/h4-7,12-13,23H,8-11,14-15H2,1-3H3/t20-/m1/s1. The van der Waals surface area contributed by atoms with E-state index in [0.29, 0.717) is 0 Å². The Kier molecular flexibility index (Phi) is 5.09. The molecule has 1 N–H and O–H groups in total. The Morgan fingerprint density at radius 1 is 1.33 bits per heavy atom. The lowest BCUT2D eigenvalue weighted by Crippen LogP contribution is -2.42. The van der Waals surface area contributed by atoms with Gasteiger partial charge in [-0.15, -0.1) is 11.3 Å². The number of aliphatic hydroxyl groups is 1. The summed E-state index contributed by atoms with van der Waals surface area (Å²) < 4.78 is 0. The van der Waals surface area contributed by atoms with E-state index in [0.717, 1.165) is 38.0 Å². The maximum atomic E-state index is 10.1. The van der Waals surface area contributed by atoms with Gasteiger partial charge in [0.05, 0.1) is 0 Å². The lowest BCUT2D eigenvalue weighted by atomic mass is 9.82. The number of rotatable bonds is 6. The number of pyridine rings is 1. The molecular weight excluding hydrogens is 316 g/mol. The molecule has 2 aromatic rings. The predicted octanol–water partition coefficient (Wildman–Crippen LogP) is 4.00. The molecule has 1 saturated heterocycles. The van der Waals surface area contributed by atoms with Crippen molar-refractivity contribution in [2.75, 3.05) is 19.7 Å². The van der Waals surface area contributed by atoms with E-state index < -0.39 is 0 Å². The van der Waals surface area contributed by atoms with E-state index in [-0.39, 0.29) is 17.6 Å². The number of aryl methyl sites for hydroxylation is 2. The number of thiophene rings is 1. The molecule has 1 aliphatic heterocycles. The second-order valence-corrected chi connectivity index (χ2v) is 8.69.